The minimum Gasteiger partial charge on any atom is -0.384 e. The summed E-state index contributed by atoms with van der Waals surface area (Å²) in [5, 5.41) is 20.5. The Morgan fingerprint density at radius 1 is 1.33 bits per heavy atom. The van der Waals surface area contributed by atoms with Crippen LogP contribution in [0.25, 0.3) is 0 Å². The minimum atomic E-state index is -3.97. The molecule has 2 aromatic rings. The number of halogens is 1. The Morgan fingerprint density at radius 3 is 2.54 bits per heavy atom. The van der Waals surface area contributed by atoms with E-state index < -0.39 is 15.6 Å². The van der Waals surface area contributed by atoms with Crippen molar-refractivity contribution < 1.29 is 18.3 Å². The van der Waals surface area contributed by atoms with Gasteiger partial charge in [-0.1, -0.05) is 35.1 Å². The van der Waals surface area contributed by atoms with Crippen LogP contribution in [0.5, 0.6) is 0 Å². The monoisotopic (exact) mass is 390 g/mol. The van der Waals surface area contributed by atoms with Gasteiger partial charge in [0.2, 0.25) is 15.4 Å². The number of sulfonamides is 1. The van der Waals surface area contributed by atoms with Crippen LogP contribution in [0.1, 0.15) is 19.4 Å². The van der Waals surface area contributed by atoms with Gasteiger partial charge in [0, 0.05) is 18.5 Å². The van der Waals surface area contributed by atoms with Crippen molar-refractivity contribution in [1.29, 1.82) is 0 Å². The van der Waals surface area contributed by atoms with Gasteiger partial charge in [0.25, 0.3) is 10.0 Å². The molecule has 0 saturated carbocycles. The summed E-state index contributed by atoms with van der Waals surface area (Å²) in [5.74, 6) is -0.381. The summed E-state index contributed by atoms with van der Waals surface area (Å²) in [4.78, 5) is 10.9. The van der Waals surface area contributed by atoms with Crippen molar-refractivity contribution >= 4 is 44.0 Å². The number of amides is 1. The van der Waals surface area contributed by atoms with Gasteiger partial charge in [0.15, 0.2) is 0 Å². The molecule has 0 aliphatic carbocycles. The molecule has 0 fully saturated rings. The number of carbonyl (C=O) groups excluding carboxylic acids is 1. The zero-order valence-corrected chi connectivity index (χ0v) is 15.2. The maximum atomic E-state index is 12.2. The van der Waals surface area contributed by atoms with E-state index in [1.165, 1.54) is 13.8 Å². The summed E-state index contributed by atoms with van der Waals surface area (Å²) in [5.41, 5.74) is -0.936. The van der Waals surface area contributed by atoms with Crippen molar-refractivity contribution in [2.24, 2.45) is 0 Å². The molecule has 1 aromatic heterocycles. The molecule has 11 heteroatoms. The fourth-order valence-corrected chi connectivity index (χ4v) is 3.97. The second-order valence-corrected chi connectivity index (χ2v) is 8.51. The third kappa shape index (κ3) is 4.71. The molecule has 0 saturated heterocycles. The summed E-state index contributed by atoms with van der Waals surface area (Å²) in [6.07, 6.45) is 0. The molecule has 2 rings (SSSR count). The number of aliphatic hydroxyl groups is 1. The Balaban J connectivity index is 2.10. The second kappa shape index (κ2) is 7.11. The van der Waals surface area contributed by atoms with Crippen LogP contribution in [0, 0.1) is 0 Å². The molecule has 0 spiro atoms. The number of benzene rings is 1. The number of nitrogens with one attached hydrogen (secondary N) is 2. The Hall–Kier alpha value is -1.59. The molecule has 0 radical (unpaired) electrons. The summed E-state index contributed by atoms with van der Waals surface area (Å²) in [7, 11) is -3.97. The number of rotatable bonds is 6. The summed E-state index contributed by atoms with van der Waals surface area (Å²) in [6.45, 7) is 2.48. The lowest BCUT2D eigenvalue weighted by atomic mass is 9.97. The normalized spacial score (nSPS) is 14.2. The van der Waals surface area contributed by atoms with Crippen molar-refractivity contribution in [2.75, 3.05) is 11.9 Å². The number of aromatic nitrogens is 2. The number of carbonyl (C=O) groups is 1. The van der Waals surface area contributed by atoms with Gasteiger partial charge in [-0.15, -0.1) is 10.2 Å². The fraction of sp³-hybridized carbons (Fsp3) is 0.308. The number of nitrogens with zero attached hydrogens (tertiary/aromatic N) is 2. The summed E-state index contributed by atoms with van der Waals surface area (Å²) < 4.78 is 26.4. The van der Waals surface area contributed by atoms with E-state index in [-0.39, 0.29) is 21.9 Å². The number of hydrogen-bond donors (Lipinski definition) is 3. The van der Waals surface area contributed by atoms with E-state index in [0.717, 1.165) is 0 Å². The van der Waals surface area contributed by atoms with Crippen molar-refractivity contribution in [3.05, 3.63) is 34.9 Å². The average molecular weight is 391 g/mol. The first-order chi connectivity index (χ1) is 11.1. The van der Waals surface area contributed by atoms with Gasteiger partial charge < -0.3 is 10.4 Å². The molecule has 0 bridgehead atoms. The highest BCUT2D eigenvalue weighted by Gasteiger charge is 2.28. The zero-order chi connectivity index (χ0) is 18.0. The van der Waals surface area contributed by atoms with Crippen molar-refractivity contribution in [1.82, 2.24) is 14.9 Å². The van der Waals surface area contributed by atoms with Crippen LogP contribution in [-0.2, 0) is 20.4 Å². The van der Waals surface area contributed by atoms with Crippen molar-refractivity contribution in [2.45, 2.75) is 23.8 Å². The topological polar surface area (TPSA) is 121 Å². The minimum absolute atomic E-state index is 0.0762. The molecular weight excluding hydrogens is 376 g/mol. The fourth-order valence-electron chi connectivity index (χ4n) is 1.73. The first kappa shape index (κ1) is 18.7. The van der Waals surface area contributed by atoms with E-state index in [9.17, 15) is 18.3 Å². The third-order valence-electron chi connectivity index (χ3n) is 2.99. The van der Waals surface area contributed by atoms with E-state index in [0.29, 0.717) is 21.9 Å². The third-order valence-corrected chi connectivity index (χ3v) is 5.85. The van der Waals surface area contributed by atoms with E-state index in [1.807, 2.05) is 0 Å². The zero-order valence-electron chi connectivity index (χ0n) is 12.8. The summed E-state index contributed by atoms with van der Waals surface area (Å²) >= 11 is 6.51. The Labute approximate surface area is 147 Å². The standard InChI is InChI=1S/C13H15ClN4O4S2/c1-8(19)16-11-17-18-12(23-11)24(21,22)15-7-13(2,20)9-3-5-10(14)6-4-9/h3-6,15,20H,7H2,1-2H3,(H,16,17,19). The molecule has 8 nitrogen and oxygen atoms in total. The van der Waals surface area contributed by atoms with Crippen LogP contribution in [0.4, 0.5) is 5.13 Å². The van der Waals surface area contributed by atoms with Crippen molar-refractivity contribution in [3.63, 3.8) is 0 Å². The number of anilines is 1. The van der Waals surface area contributed by atoms with Crippen LogP contribution < -0.4 is 10.0 Å². The van der Waals surface area contributed by atoms with Gasteiger partial charge in [-0.25, -0.2) is 13.1 Å². The van der Waals surface area contributed by atoms with E-state index in [2.05, 4.69) is 20.2 Å². The highest BCUT2D eigenvalue weighted by molar-refractivity contribution is 7.91. The molecule has 1 amide bonds. The Bertz CT molecular complexity index is 834. The molecule has 0 aliphatic heterocycles. The van der Waals surface area contributed by atoms with Crippen LogP contribution in [-0.4, -0.2) is 36.2 Å². The molecule has 3 N–H and O–H groups in total. The highest BCUT2D eigenvalue weighted by atomic mass is 35.5. The predicted octanol–water partition coefficient (Wildman–Crippen LogP) is 1.34. The summed E-state index contributed by atoms with van der Waals surface area (Å²) in [6, 6.07) is 6.42. The van der Waals surface area contributed by atoms with E-state index >= 15 is 0 Å². The Kier molecular flexibility index (Phi) is 5.56. The molecule has 1 aromatic carbocycles. The van der Waals surface area contributed by atoms with Gasteiger partial charge >= 0.3 is 0 Å². The van der Waals surface area contributed by atoms with Crippen LogP contribution >= 0.6 is 22.9 Å². The first-order valence-corrected chi connectivity index (χ1v) is 9.37. The predicted molar refractivity (Wildman–Crippen MR) is 90.4 cm³/mol. The lowest BCUT2D eigenvalue weighted by Gasteiger charge is -2.23. The molecule has 0 aliphatic rings. The van der Waals surface area contributed by atoms with Gasteiger partial charge in [0.05, 0.1) is 0 Å². The molecule has 1 heterocycles. The van der Waals surface area contributed by atoms with Gasteiger partial charge in [-0.05, 0) is 24.6 Å². The SMILES string of the molecule is CC(=O)Nc1nnc(S(=O)(=O)NCC(C)(O)c2ccc(Cl)cc2)s1. The number of hydrogen-bond acceptors (Lipinski definition) is 7. The van der Waals surface area contributed by atoms with E-state index in [4.69, 9.17) is 11.6 Å². The second-order valence-electron chi connectivity index (χ2n) is 5.16. The highest BCUT2D eigenvalue weighted by Crippen LogP contribution is 2.24. The lowest BCUT2D eigenvalue weighted by molar-refractivity contribution is -0.114. The molecule has 1 unspecified atom stereocenters. The first-order valence-electron chi connectivity index (χ1n) is 6.69. The molecular formula is C13H15ClN4O4S2. The van der Waals surface area contributed by atoms with E-state index in [1.54, 1.807) is 24.3 Å². The van der Waals surface area contributed by atoms with Gasteiger partial charge in [-0.3, -0.25) is 4.79 Å². The largest absolute Gasteiger partial charge is 0.384 e. The Morgan fingerprint density at radius 2 is 1.96 bits per heavy atom. The lowest BCUT2D eigenvalue weighted by Crippen LogP contribution is -2.38. The van der Waals surface area contributed by atoms with Crippen molar-refractivity contribution in [3.8, 4) is 0 Å². The van der Waals surface area contributed by atoms with Gasteiger partial charge in [0.1, 0.15) is 5.60 Å². The quantitative estimate of drug-likeness (QED) is 0.640. The van der Waals surface area contributed by atoms with Crippen LogP contribution in [0.2, 0.25) is 5.02 Å². The van der Waals surface area contributed by atoms with Crippen LogP contribution in [0.15, 0.2) is 28.6 Å². The van der Waals surface area contributed by atoms with Gasteiger partial charge in [-0.2, -0.15) is 0 Å². The average Bonchev–Trinajstić information content (AvgIpc) is 2.94. The maximum absolute atomic E-state index is 12.2. The molecule has 1 atom stereocenters. The molecule has 24 heavy (non-hydrogen) atoms. The smallest absolute Gasteiger partial charge is 0.269 e. The maximum Gasteiger partial charge on any atom is 0.269 e. The van der Waals surface area contributed by atoms with Crippen LogP contribution in [0.3, 0.4) is 0 Å². The molecule has 130 valence electrons.